The number of hydrogen-bond acceptors (Lipinski definition) is 8. The van der Waals surface area contributed by atoms with E-state index in [0.717, 1.165) is 15.7 Å². The largest absolute Gasteiger partial charge is 0.496 e. The summed E-state index contributed by atoms with van der Waals surface area (Å²) in [7, 11) is 1.59. The van der Waals surface area contributed by atoms with Gasteiger partial charge in [0.05, 0.1) is 29.1 Å². The van der Waals surface area contributed by atoms with Crippen LogP contribution in [0.5, 0.6) is 5.75 Å². The highest BCUT2D eigenvalue weighted by atomic mass is 79.9. The molecule has 0 radical (unpaired) electrons. The number of carbonyl (C=O) groups is 1. The molecule has 160 valence electrons. The molecule has 7 nitrogen and oxygen atoms in total. The van der Waals surface area contributed by atoms with Gasteiger partial charge in [0.2, 0.25) is 5.13 Å². The predicted molar refractivity (Wildman–Crippen MR) is 125 cm³/mol. The van der Waals surface area contributed by atoms with Gasteiger partial charge >= 0.3 is 0 Å². The van der Waals surface area contributed by atoms with Crippen LogP contribution in [-0.2, 0) is 4.79 Å². The average molecular weight is 518 g/mol. The van der Waals surface area contributed by atoms with Crippen LogP contribution in [-0.4, -0.2) is 23.1 Å². The van der Waals surface area contributed by atoms with Crippen molar-refractivity contribution < 1.29 is 9.53 Å². The Hall–Kier alpha value is -2.48. The summed E-state index contributed by atoms with van der Waals surface area (Å²) in [6, 6.07) is 7.81. The Morgan fingerprint density at radius 1 is 1.45 bits per heavy atom. The maximum atomic E-state index is 13.4. The fourth-order valence-electron chi connectivity index (χ4n) is 4.24. The molecule has 10 heteroatoms. The molecular weight excluding hydrogens is 498 g/mol. The molecular formula is C21H20BrN5O2S2. The zero-order chi connectivity index (χ0) is 22.5. The highest BCUT2D eigenvalue weighted by molar-refractivity contribution is 9.10. The molecule has 0 fully saturated rings. The molecule has 2 heterocycles. The lowest BCUT2D eigenvalue weighted by molar-refractivity contribution is -0.118. The molecule has 2 aromatic rings. The van der Waals surface area contributed by atoms with E-state index in [9.17, 15) is 10.1 Å². The lowest BCUT2D eigenvalue weighted by atomic mass is 9.68. The van der Waals surface area contributed by atoms with Gasteiger partial charge in [-0.1, -0.05) is 31.3 Å². The van der Waals surface area contributed by atoms with Gasteiger partial charge in [0.15, 0.2) is 9.74 Å². The van der Waals surface area contributed by atoms with Gasteiger partial charge in [-0.15, -0.1) is 5.10 Å². The second kappa shape index (κ2) is 7.89. The second-order valence-electron chi connectivity index (χ2n) is 8.27. The second-order valence-corrected chi connectivity index (χ2v) is 10.8. The lowest BCUT2D eigenvalue weighted by Crippen LogP contribution is -2.42. The number of benzene rings is 1. The lowest BCUT2D eigenvalue weighted by Gasteiger charge is -2.42. The molecule has 31 heavy (non-hydrogen) atoms. The number of anilines is 1. The summed E-state index contributed by atoms with van der Waals surface area (Å²) >= 11 is 9.97. The number of nitrogens with two attached hydrogens (primary N) is 1. The third kappa shape index (κ3) is 3.71. The number of H-pyrrole nitrogens is 1. The monoisotopic (exact) mass is 517 g/mol. The minimum absolute atomic E-state index is 0.00701. The first-order valence-corrected chi connectivity index (χ1v) is 11.5. The molecule has 3 N–H and O–H groups in total. The number of hydrogen-bond donors (Lipinski definition) is 2. The summed E-state index contributed by atoms with van der Waals surface area (Å²) in [5, 5.41) is 17.6. The van der Waals surface area contributed by atoms with Crippen LogP contribution < -0.4 is 15.4 Å². The number of allylic oxidation sites excluding steroid dienone is 3. The fraction of sp³-hybridized carbons (Fsp3) is 0.333. The van der Waals surface area contributed by atoms with E-state index in [4.69, 9.17) is 22.7 Å². The number of aromatic nitrogens is 2. The van der Waals surface area contributed by atoms with E-state index in [1.54, 1.807) is 12.0 Å². The van der Waals surface area contributed by atoms with Gasteiger partial charge in [0, 0.05) is 17.7 Å². The van der Waals surface area contributed by atoms with Crippen LogP contribution >= 0.6 is 39.5 Å². The highest BCUT2D eigenvalue weighted by Crippen LogP contribution is 2.50. The van der Waals surface area contributed by atoms with E-state index < -0.39 is 5.92 Å². The molecule has 0 spiro atoms. The van der Waals surface area contributed by atoms with Crippen LogP contribution in [0.15, 0.2) is 45.3 Å². The minimum Gasteiger partial charge on any atom is -0.496 e. The predicted octanol–water partition coefficient (Wildman–Crippen LogP) is 4.91. The third-order valence-electron chi connectivity index (χ3n) is 5.51. The van der Waals surface area contributed by atoms with Crippen LogP contribution in [0, 0.1) is 20.7 Å². The summed E-state index contributed by atoms with van der Waals surface area (Å²) in [6.45, 7) is 4.11. The molecule has 1 atom stereocenters. The highest BCUT2D eigenvalue weighted by Gasteiger charge is 2.45. The number of ketones is 1. The standard InChI is InChI=1S/C21H20BrN5O2S2/c1-21(2)7-13-17(14(28)8-21)16(10-4-5-15(29-3)12(22)6-10)11(9-23)18(24)27(13)19-25-26-20(30)31-19/h4-6,16H,7-8,24H2,1-3H3,(H,26,30). The number of rotatable bonds is 3. The number of halogens is 1. The summed E-state index contributed by atoms with van der Waals surface area (Å²) in [6.07, 6.45) is 1.01. The van der Waals surface area contributed by atoms with Crippen LogP contribution in [0.4, 0.5) is 5.13 Å². The zero-order valence-corrected chi connectivity index (χ0v) is 20.4. The number of ether oxygens (including phenoxy) is 1. The number of nitrogens with zero attached hydrogens (tertiary/aromatic N) is 3. The first-order chi connectivity index (χ1) is 14.7. The average Bonchev–Trinajstić information content (AvgIpc) is 3.11. The van der Waals surface area contributed by atoms with Gasteiger partial charge in [-0.3, -0.25) is 14.8 Å². The van der Waals surface area contributed by atoms with Crippen molar-refractivity contribution in [3.05, 3.63) is 54.9 Å². The van der Waals surface area contributed by atoms with E-state index in [2.05, 4.69) is 46.0 Å². The minimum atomic E-state index is -0.561. The SMILES string of the molecule is COc1ccc(C2C(C#N)=C(N)N(c3n[nH]c(=S)s3)C3=C2C(=O)CC(C)(C)C3)cc1Br. The summed E-state index contributed by atoms with van der Waals surface area (Å²) in [5.74, 6) is 0.376. The molecule has 4 rings (SSSR count). The summed E-state index contributed by atoms with van der Waals surface area (Å²) in [5.41, 5.74) is 8.77. The van der Waals surface area contributed by atoms with Crippen molar-refractivity contribution in [3.8, 4) is 11.8 Å². The Kier molecular flexibility index (Phi) is 5.54. The van der Waals surface area contributed by atoms with Crippen molar-refractivity contribution in [3.63, 3.8) is 0 Å². The molecule has 0 saturated heterocycles. The first kappa shape index (κ1) is 21.7. The molecule has 1 unspecified atom stereocenters. The van der Waals surface area contributed by atoms with Gasteiger partial charge in [0.25, 0.3) is 0 Å². The van der Waals surface area contributed by atoms with E-state index in [0.29, 0.717) is 38.8 Å². The van der Waals surface area contributed by atoms with Crippen LogP contribution in [0.25, 0.3) is 0 Å². The fourth-order valence-corrected chi connectivity index (χ4v) is 5.72. The van der Waals surface area contributed by atoms with Crippen molar-refractivity contribution in [2.45, 2.75) is 32.6 Å². The number of nitriles is 1. The van der Waals surface area contributed by atoms with Crippen molar-refractivity contribution in [1.82, 2.24) is 10.2 Å². The van der Waals surface area contributed by atoms with Crippen molar-refractivity contribution in [2.24, 2.45) is 11.1 Å². The van der Waals surface area contributed by atoms with Crippen LogP contribution in [0.2, 0.25) is 0 Å². The summed E-state index contributed by atoms with van der Waals surface area (Å²) in [4.78, 5) is 15.2. The van der Waals surface area contributed by atoms with Crippen molar-refractivity contribution in [1.29, 1.82) is 5.26 Å². The Balaban J connectivity index is 1.99. The molecule has 1 aliphatic heterocycles. The van der Waals surface area contributed by atoms with Gasteiger partial charge in [-0.25, -0.2) is 0 Å². The quantitative estimate of drug-likeness (QED) is 0.556. The van der Waals surface area contributed by atoms with E-state index in [1.807, 2.05) is 18.2 Å². The molecule has 0 saturated carbocycles. The number of carbonyl (C=O) groups excluding carboxylic acids is 1. The number of nitrogens with one attached hydrogen (secondary N) is 1. The first-order valence-electron chi connectivity index (χ1n) is 9.52. The van der Waals surface area contributed by atoms with Crippen LogP contribution in [0.3, 0.4) is 0 Å². The molecule has 0 bridgehead atoms. The molecule has 0 amide bonds. The van der Waals surface area contributed by atoms with Crippen molar-refractivity contribution >= 4 is 50.4 Å². The smallest absolute Gasteiger partial charge is 0.216 e. The van der Waals surface area contributed by atoms with E-state index in [1.165, 1.54) is 11.3 Å². The van der Waals surface area contributed by atoms with Gasteiger partial charge in [-0.2, -0.15) is 5.26 Å². The molecule has 1 aliphatic carbocycles. The Morgan fingerprint density at radius 2 is 2.19 bits per heavy atom. The normalized spacial score (nSPS) is 20.5. The van der Waals surface area contributed by atoms with E-state index >= 15 is 0 Å². The number of aromatic amines is 1. The summed E-state index contributed by atoms with van der Waals surface area (Å²) < 4.78 is 6.57. The van der Waals surface area contributed by atoms with Crippen LogP contribution in [0.1, 0.15) is 38.2 Å². The molecule has 1 aromatic heterocycles. The molecule has 1 aromatic carbocycles. The Bertz CT molecular complexity index is 1250. The third-order valence-corrected chi connectivity index (χ3v) is 7.20. The Labute approximate surface area is 197 Å². The number of methoxy groups -OCH3 is 1. The van der Waals surface area contributed by atoms with Gasteiger partial charge in [0.1, 0.15) is 11.6 Å². The Morgan fingerprint density at radius 3 is 2.77 bits per heavy atom. The molecule has 2 aliphatic rings. The maximum absolute atomic E-state index is 13.4. The van der Waals surface area contributed by atoms with E-state index in [-0.39, 0.29) is 17.0 Å². The van der Waals surface area contributed by atoms with Gasteiger partial charge in [-0.05, 0) is 57.7 Å². The van der Waals surface area contributed by atoms with Gasteiger partial charge < -0.3 is 10.5 Å². The topological polar surface area (TPSA) is 108 Å². The zero-order valence-electron chi connectivity index (χ0n) is 17.2. The van der Waals surface area contributed by atoms with Crippen molar-refractivity contribution in [2.75, 3.05) is 12.0 Å². The number of Topliss-reactive ketones (excluding diaryl/α,β-unsaturated/α-hetero) is 1. The maximum Gasteiger partial charge on any atom is 0.216 e.